The lowest BCUT2D eigenvalue weighted by molar-refractivity contribution is 0.114. The highest BCUT2D eigenvalue weighted by atomic mass is 31.2. The highest BCUT2D eigenvalue weighted by molar-refractivity contribution is 7.51. The van der Waals surface area contributed by atoms with Crippen LogP contribution in [0.5, 0.6) is 11.5 Å². The van der Waals surface area contributed by atoms with E-state index in [1.807, 2.05) is 12.1 Å². The average molecular weight is 481 g/mol. The molecule has 1 heterocycles. The zero-order chi connectivity index (χ0) is 24.3. The first-order chi connectivity index (χ1) is 15.6. The van der Waals surface area contributed by atoms with Crippen molar-refractivity contribution >= 4 is 7.60 Å². The number of hydrogen-bond acceptors (Lipinski definition) is 3. The Morgan fingerprint density at radius 2 is 1.88 bits per heavy atom. The quantitative estimate of drug-likeness (QED) is 0.156. The van der Waals surface area contributed by atoms with Gasteiger partial charge in [0.25, 0.3) is 0 Å². The molecular formula is C27H45O5P. The Kier molecular flexibility index (Phi) is 11.5. The third-order valence-corrected chi connectivity index (χ3v) is 7.26. The zero-order valence-electron chi connectivity index (χ0n) is 21.1. The Labute approximate surface area is 201 Å². The molecule has 0 aromatic heterocycles. The zero-order valence-corrected chi connectivity index (χ0v) is 22.0. The number of fused-ring (bicyclic) bond motifs is 1. The molecule has 0 amide bonds. The summed E-state index contributed by atoms with van der Waals surface area (Å²) in [6.07, 6.45) is 14.7. The second-order valence-electron chi connectivity index (χ2n) is 10.4. The van der Waals surface area contributed by atoms with E-state index in [9.17, 15) is 4.57 Å². The number of allylic oxidation sites excluding steroid dienone is 1. The monoisotopic (exact) mass is 480 g/mol. The summed E-state index contributed by atoms with van der Waals surface area (Å²) < 4.78 is 23.1. The van der Waals surface area contributed by atoms with Crippen molar-refractivity contribution in [3.63, 3.8) is 0 Å². The molecule has 6 heteroatoms. The summed E-state index contributed by atoms with van der Waals surface area (Å²) in [5.41, 5.74) is 0.946. The van der Waals surface area contributed by atoms with Crippen molar-refractivity contribution < 1.29 is 23.8 Å². The van der Waals surface area contributed by atoms with Crippen LogP contribution in [0, 0.1) is 11.8 Å². The second-order valence-corrected chi connectivity index (χ2v) is 12.2. The van der Waals surface area contributed by atoms with E-state index in [4.69, 9.17) is 19.3 Å². The Morgan fingerprint density at radius 1 is 1.12 bits per heavy atom. The molecule has 5 nitrogen and oxygen atoms in total. The first-order valence-electron chi connectivity index (χ1n) is 12.7. The van der Waals surface area contributed by atoms with Gasteiger partial charge in [0, 0.05) is 6.16 Å². The molecule has 0 radical (unpaired) electrons. The molecule has 2 unspecified atom stereocenters. The molecule has 33 heavy (non-hydrogen) atoms. The molecule has 1 aromatic rings. The van der Waals surface area contributed by atoms with Crippen LogP contribution in [0.1, 0.15) is 91.0 Å². The summed E-state index contributed by atoms with van der Waals surface area (Å²) in [5, 5.41) is 0. The topological polar surface area (TPSA) is 76.0 Å². The Balaban J connectivity index is 1.72. The standard InChI is InChI=1S/C27H45O5P/c1-22(2)11-9-12-23(3)13-10-17-27(4)18-16-24-21-25(14-15-26(24)32-27)31-19-7-5-6-8-20-33(28,29)30/h10,14-15,17,21-23H,5-9,11-13,16,18-20H2,1-4H3,(H2,28,29,30). The van der Waals surface area contributed by atoms with Gasteiger partial charge >= 0.3 is 7.60 Å². The highest BCUT2D eigenvalue weighted by Gasteiger charge is 2.29. The van der Waals surface area contributed by atoms with Crippen molar-refractivity contribution in [2.24, 2.45) is 11.8 Å². The molecule has 0 saturated heterocycles. The van der Waals surface area contributed by atoms with Gasteiger partial charge in [-0.25, -0.2) is 0 Å². The summed E-state index contributed by atoms with van der Waals surface area (Å²) in [4.78, 5) is 17.8. The van der Waals surface area contributed by atoms with E-state index in [0.29, 0.717) is 18.9 Å². The summed E-state index contributed by atoms with van der Waals surface area (Å²) in [6, 6.07) is 6.08. The molecule has 2 N–H and O–H groups in total. The molecule has 188 valence electrons. The van der Waals surface area contributed by atoms with Crippen molar-refractivity contribution in [3.05, 3.63) is 35.9 Å². The molecule has 0 saturated carbocycles. The van der Waals surface area contributed by atoms with Crippen molar-refractivity contribution in [1.29, 1.82) is 0 Å². The van der Waals surface area contributed by atoms with Gasteiger partial charge < -0.3 is 19.3 Å². The van der Waals surface area contributed by atoms with E-state index >= 15 is 0 Å². The van der Waals surface area contributed by atoms with E-state index in [0.717, 1.165) is 55.9 Å². The largest absolute Gasteiger partial charge is 0.494 e. The van der Waals surface area contributed by atoms with E-state index in [1.54, 1.807) is 0 Å². The maximum Gasteiger partial charge on any atom is 0.325 e. The molecule has 0 fully saturated rings. The Bertz CT molecular complexity index is 785. The van der Waals surface area contributed by atoms with Gasteiger partial charge in [0.05, 0.1) is 6.61 Å². The van der Waals surface area contributed by atoms with Crippen LogP contribution in [0.15, 0.2) is 30.4 Å². The van der Waals surface area contributed by atoms with Crippen molar-refractivity contribution in [2.75, 3.05) is 12.8 Å². The predicted octanol–water partition coefficient (Wildman–Crippen LogP) is 7.30. The van der Waals surface area contributed by atoms with Crippen LogP contribution in [-0.4, -0.2) is 28.2 Å². The SMILES string of the molecule is CC(C)CCCC(C)CC=CC1(C)CCc2cc(OCCCCCCP(=O)(O)O)ccc2O1. The molecule has 1 aromatic carbocycles. The predicted molar refractivity (Wildman–Crippen MR) is 136 cm³/mol. The molecular weight excluding hydrogens is 435 g/mol. The minimum atomic E-state index is -3.86. The summed E-state index contributed by atoms with van der Waals surface area (Å²) in [7, 11) is -3.86. The van der Waals surface area contributed by atoms with Gasteiger partial charge in [-0.1, -0.05) is 59.0 Å². The van der Waals surface area contributed by atoms with Crippen LogP contribution < -0.4 is 9.47 Å². The lowest BCUT2D eigenvalue weighted by atomic mass is 9.91. The first-order valence-corrected chi connectivity index (χ1v) is 14.5. The van der Waals surface area contributed by atoms with Gasteiger partial charge in [-0.3, -0.25) is 4.57 Å². The second kappa shape index (κ2) is 13.6. The fourth-order valence-corrected chi connectivity index (χ4v) is 4.88. The summed E-state index contributed by atoms with van der Waals surface area (Å²) in [5.74, 6) is 3.32. The van der Waals surface area contributed by atoms with Gasteiger partial charge in [-0.15, -0.1) is 0 Å². The maximum atomic E-state index is 10.9. The van der Waals surface area contributed by atoms with Crippen LogP contribution in [-0.2, 0) is 11.0 Å². The fourth-order valence-electron chi connectivity index (χ4n) is 4.25. The number of hydrogen-bond donors (Lipinski definition) is 2. The number of unbranched alkanes of at least 4 members (excludes halogenated alkanes) is 3. The van der Waals surface area contributed by atoms with E-state index in [-0.39, 0.29) is 11.8 Å². The normalized spacial score (nSPS) is 19.5. The fraction of sp³-hybridized carbons (Fsp3) is 0.704. The van der Waals surface area contributed by atoms with Crippen molar-refractivity contribution in [1.82, 2.24) is 0 Å². The lowest BCUT2D eigenvalue weighted by Crippen LogP contribution is -2.34. The third-order valence-electron chi connectivity index (χ3n) is 6.37. The third kappa shape index (κ3) is 11.6. The lowest BCUT2D eigenvalue weighted by Gasteiger charge is -2.33. The average Bonchev–Trinajstić information content (AvgIpc) is 2.72. The minimum absolute atomic E-state index is 0.0237. The van der Waals surface area contributed by atoms with E-state index in [2.05, 4.69) is 45.9 Å². The molecule has 2 atom stereocenters. The van der Waals surface area contributed by atoms with Crippen LogP contribution in [0.2, 0.25) is 0 Å². The Hall–Kier alpha value is -1.29. The van der Waals surface area contributed by atoms with E-state index < -0.39 is 7.60 Å². The van der Waals surface area contributed by atoms with Gasteiger partial charge in [-0.2, -0.15) is 0 Å². The highest BCUT2D eigenvalue weighted by Crippen LogP contribution is 2.37. The van der Waals surface area contributed by atoms with Gasteiger partial charge in [0.1, 0.15) is 17.1 Å². The van der Waals surface area contributed by atoms with Gasteiger partial charge in [0.2, 0.25) is 0 Å². The smallest absolute Gasteiger partial charge is 0.325 e. The molecule has 1 aliphatic rings. The molecule has 2 rings (SSSR count). The van der Waals surface area contributed by atoms with Crippen LogP contribution in [0.3, 0.4) is 0 Å². The van der Waals surface area contributed by atoms with E-state index in [1.165, 1.54) is 24.8 Å². The molecule has 1 aliphatic heterocycles. The van der Waals surface area contributed by atoms with Crippen LogP contribution in [0.25, 0.3) is 0 Å². The molecule has 0 spiro atoms. The molecule has 0 aliphatic carbocycles. The first kappa shape index (κ1) is 28.0. The number of ether oxygens (including phenoxy) is 2. The van der Waals surface area contributed by atoms with Crippen molar-refractivity contribution in [3.8, 4) is 11.5 Å². The number of rotatable bonds is 15. The Morgan fingerprint density at radius 3 is 2.61 bits per heavy atom. The summed E-state index contributed by atoms with van der Waals surface area (Å²) in [6.45, 7) is 9.72. The van der Waals surface area contributed by atoms with Crippen molar-refractivity contribution in [2.45, 2.75) is 97.5 Å². The van der Waals surface area contributed by atoms with Crippen LogP contribution in [0.4, 0.5) is 0 Å². The number of benzene rings is 1. The number of aryl methyl sites for hydroxylation is 1. The van der Waals surface area contributed by atoms with Gasteiger partial charge in [-0.05, 0) is 80.7 Å². The maximum absolute atomic E-state index is 10.9. The van der Waals surface area contributed by atoms with Crippen LogP contribution >= 0.6 is 7.60 Å². The minimum Gasteiger partial charge on any atom is -0.494 e. The van der Waals surface area contributed by atoms with Gasteiger partial charge in [0.15, 0.2) is 0 Å². The summed E-state index contributed by atoms with van der Waals surface area (Å²) >= 11 is 0. The molecule has 0 bridgehead atoms.